The zero-order valence-corrected chi connectivity index (χ0v) is 8.12. The third-order valence-corrected chi connectivity index (χ3v) is 2.22. The Morgan fingerprint density at radius 3 is 2.71 bits per heavy atom. The van der Waals surface area contributed by atoms with Crippen LogP contribution >= 0.6 is 0 Å². The highest BCUT2D eigenvalue weighted by Gasteiger charge is 2.31. The molecule has 78 valence electrons. The van der Waals surface area contributed by atoms with Gasteiger partial charge in [0.15, 0.2) is 0 Å². The Labute approximate surface area is 82.2 Å². The SMILES string of the molecule is CCCCN1C(=O)CC(C(=O)O)=C1N. The van der Waals surface area contributed by atoms with E-state index >= 15 is 0 Å². The predicted octanol–water partition coefficient (Wildman–Crippen LogP) is 0.274. The van der Waals surface area contributed by atoms with Gasteiger partial charge in [0.2, 0.25) is 5.91 Å². The van der Waals surface area contributed by atoms with E-state index in [1.165, 1.54) is 4.90 Å². The quantitative estimate of drug-likeness (QED) is 0.679. The zero-order valence-electron chi connectivity index (χ0n) is 8.12. The Kier molecular flexibility index (Phi) is 3.11. The van der Waals surface area contributed by atoms with Crippen molar-refractivity contribution in [1.29, 1.82) is 0 Å². The maximum Gasteiger partial charge on any atom is 0.335 e. The minimum Gasteiger partial charge on any atom is -0.478 e. The molecule has 1 heterocycles. The number of carbonyl (C=O) groups is 2. The summed E-state index contributed by atoms with van der Waals surface area (Å²) in [7, 11) is 0. The van der Waals surface area contributed by atoms with Gasteiger partial charge in [0.1, 0.15) is 5.82 Å². The van der Waals surface area contributed by atoms with Gasteiger partial charge in [-0.3, -0.25) is 9.69 Å². The zero-order chi connectivity index (χ0) is 10.7. The average Bonchev–Trinajstić information content (AvgIpc) is 2.40. The first-order valence-corrected chi connectivity index (χ1v) is 4.60. The van der Waals surface area contributed by atoms with E-state index in [0.717, 1.165) is 12.8 Å². The summed E-state index contributed by atoms with van der Waals surface area (Å²) in [6.45, 7) is 2.51. The van der Waals surface area contributed by atoms with Gasteiger partial charge in [0, 0.05) is 6.54 Å². The number of amides is 1. The monoisotopic (exact) mass is 198 g/mol. The van der Waals surface area contributed by atoms with Crippen molar-refractivity contribution in [3.63, 3.8) is 0 Å². The molecule has 0 saturated carbocycles. The van der Waals surface area contributed by atoms with E-state index in [1.54, 1.807) is 0 Å². The molecule has 1 amide bonds. The van der Waals surface area contributed by atoms with E-state index in [2.05, 4.69) is 0 Å². The lowest BCUT2D eigenvalue weighted by Crippen LogP contribution is -2.30. The minimum absolute atomic E-state index is 0.0195. The molecule has 5 nitrogen and oxygen atoms in total. The van der Waals surface area contributed by atoms with Crippen molar-refractivity contribution in [2.75, 3.05) is 6.54 Å². The standard InChI is InChI=1S/C9H14N2O3/c1-2-3-4-11-7(12)5-6(8(11)10)9(13)14/h2-5,10H2,1H3,(H,13,14). The molecule has 0 atom stereocenters. The van der Waals surface area contributed by atoms with Crippen LogP contribution in [0, 0.1) is 0 Å². The molecule has 1 rings (SSSR count). The fourth-order valence-corrected chi connectivity index (χ4v) is 1.38. The van der Waals surface area contributed by atoms with Crippen molar-refractivity contribution >= 4 is 11.9 Å². The summed E-state index contributed by atoms with van der Waals surface area (Å²) in [5.41, 5.74) is 5.58. The molecule has 5 heteroatoms. The number of carbonyl (C=O) groups excluding carboxylic acids is 1. The van der Waals surface area contributed by atoms with E-state index in [9.17, 15) is 9.59 Å². The lowest BCUT2D eigenvalue weighted by atomic mass is 10.2. The molecule has 0 unspecified atom stereocenters. The first-order chi connectivity index (χ1) is 6.57. The molecular weight excluding hydrogens is 184 g/mol. The van der Waals surface area contributed by atoms with Gasteiger partial charge in [-0.25, -0.2) is 4.79 Å². The van der Waals surface area contributed by atoms with Gasteiger partial charge >= 0.3 is 5.97 Å². The largest absolute Gasteiger partial charge is 0.478 e. The summed E-state index contributed by atoms with van der Waals surface area (Å²) < 4.78 is 0. The summed E-state index contributed by atoms with van der Waals surface area (Å²) in [5, 5.41) is 8.73. The summed E-state index contributed by atoms with van der Waals surface area (Å²) in [6.07, 6.45) is 1.70. The molecule has 0 saturated heterocycles. The number of nitrogens with two attached hydrogens (primary N) is 1. The van der Waals surface area contributed by atoms with Crippen LogP contribution in [0.2, 0.25) is 0 Å². The van der Waals surface area contributed by atoms with Crippen molar-refractivity contribution in [3.05, 3.63) is 11.4 Å². The highest BCUT2D eigenvalue weighted by atomic mass is 16.4. The number of hydrogen-bond acceptors (Lipinski definition) is 3. The molecular formula is C9H14N2O3. The molecule has 0 aromatic heterocycles. The fraction of sp³-hybridized carbons (Fsp3) is 0.556. The number of rotatable bonds is 4. The van der Waals surface area contributed by atoms with Crippen LogP contribution in [0.4, 0.5) is 0 Å². The lowest BCUT2D eigenvalue weighted by molar-refractivity contribution is -0.134. The number of hydrogen-bond donors (Lipinski definition) is 2. The van der Waals surface area contributed by atoms with Crippen LogP contribution in [-0.2, 0) is 9.59 Å². The van der Waals surface area contributed by atoms with Gasteiger partial charge in [-0.15, -0.1) is 0 Å². The van der Waals surface area contributed by atoms with Crippen molar-refractivity contribution in [2.24, 2.45) is 5.73 Å². The van der Waals surface area contributed by atoms with Gasteiger partial charge in [-0.1, -0.05) is 13.3 Å². The van der Waals surface area contributed by atoms with E-state index in [4.69, 9.17) is 10.8 Å². The molecule has 14 heavy (non-hydrogen) atoms. The molecule has 0 aromatic carbocycles. The van der Waals surface area contributed by atoms with Gasteiger partial charge in [0.25, 0.3) is 0 Å². The number of nitrogens with zero attached hydrogens (tertiary/aromatic N) is 1. The molecule has 0 radical (unpaired) electrons. The van der Waals surface area contributed by atoms with Crippen LogP contribution in [0.25, 0.3) is 0 Å². The van der Waals surface area contributed by atoms with Crippen LogP contribution in [-0.4, -0.2) is 28.4 Å². The Balaban J connectivity index is 2.76. The number of aliphatic carboxylic acids is 1. The average molecular weight is 198 g/mol. The third-order valence-electron chi connectivity index (χ3n) is 2.22. The maximum atomic E-state index is 11.3. The molecule has 1 aliphatic heterocycles. The van der Waals surface area contributed by atoms with Gasteiger partial charge in [0.05, 0.1) is 12.0 Å². The van der Waals surface area contributed by atoms with Crippen LogP contribution in [0.3, 0.4) is 0 Å². The first-order valence-electron chi connectivity index (χ1n) is 4.60. The van der Waals surface area contributed by atoms with E-state index in [1.807, 2.05) is 6.92 Å². The van der Waals surface area contributed by atoms with Gasteiger partial charge in [-0.05, 0) is 6.42 Å². The summed E-state index contributed by atoms with van der Waals surface area (Å²) in [6, 6.07) is 0. The van der Waals surface area contributed by atoms with E-state index in [-0.39, 0.29) is 23.7 Å². The van der Waals surface area contributed by atoms with Crippen LogP contribution in [0.5, 0.6) is 0 Å². The topological polar surface area (TPSA) is 83.6 Å². The molecule has 3 N–H and O–H groups in total. The second-order valence-electron chi connectivity index (χ2n) is 3.24. The fourth-order valence-electron chi connectivity index (χ4n) is 1.38. The smallest absolute Gasteiger partial charge is 0.335 e. The summed E-state index contributed by atoms with van der Waals surface area (Å²) >= 11 is 0. The molecule has 1 aliphatic rings. The highest BCUT2D eigenvalue weighted by molar-refractivity contribution is 5.98. The molecule has 0 fully saturated rings. The molecule has 0 aliphatic carbocycles. The molecule has 0 aromatic rings. The van der Waals surface area contributed by atoms with Crippen molar-refractivity contribution < 1.29 is 14.7 Å². The van der Waals surface area contributed by atoms with E-state index in [0.29, 0.717) is 6.54 Å². The van der Waals surface area contributed by atoms with Crippen molar-refractivity contribution in [3.8, 4) is 0 Å². The van der Waals surface area contributed by atoms with Crippen LogP contribution in [0.15, 0.2) is 11.4 Å². The Hall–Kier alpha value is -1.52. The van der Waals surface area contributed by atoms with Gasteiger partial charge in [-0.2, -0.15) is 0 Å². The number of carboxylic acids is 1. The van der Waals surface area contributed by atoms with Crippen LogP contribution < -0.4 is 5.73 Å². The van der Waals surface area contributed by atoms with Crippen molar-refractivity contribution in [2.45, 2.75) is 26.2 Å². The van der Waals surface area contributed by atoms with Crippen molar-refractivity contribution in [1.82, 2.24) is 4.90 Å². The normalized spacial score (nSPS) is 16.6. The lowest BCUT2D eigenvalue weighted by Gasteiger charge is -2.16. The minimum atomic E-state index is -1.10. The highest BCUT2D eigenvalue weighted by Crippen LogP contribution is 2.20. The van der Waals surface area contributed by atoms with E-state index < -0.39 is 5.97 Å². The number of unbranched alkanes of at least 4 members (excludes halogenated alkanes) is 1. The van der Waals surface area contributed by atoms with Crippen LogP contribution in [0.1, 0.15) is 26.2 Å². The first kappa shape index (κ1) is 10.6. The van der Waals surface area contributed by atoms with Gasteiger partial charge < -0.3 is 10.8 Å². The Bertz CT molecular complexity index is 296. The molecule has 0 spiro atoms. The molecule has 0 bridgehead atoms. The summed E-state index contributed by atoms with van der Waals surface area (Å²) in [4.78, 5) is 23.4. The third kappa shape index (κ3) is 1.86. The Morgan fingerprint density at radius 1 is 1.64 bits per heavy atom. The summed E-state index contributed by atoms with van der Waals surface area (Å²) in [5.74, 6) is -1.21. The second-order valence-corrected chi connectivity index (χ2v) is 3.24. The maximum absolute atomic E-state index is 11.3. The Morgan fingerprint density at radius 2 is 2.29 bits per heavy atom. The second kappa shape index (κ2) is 4.13. The number of carboxylic acid groups (broad SMARTS) is 1. The predicted molar refractivity (Wildman–Crippen MR) is 50.1 cm³/mol.